The van der Waals surface area contributed by atoms with Crippen molar-refractivity contribution in [3.8, 4) is 28.6 Å². The van der Waals surface area contributed by atoms with Gasteiger partial charge in [-0.1, -0.05) is 50.2 Å². The average Bonchev–Trinajstić information content (AvgIpc) is 3.38. The third-order valence-corrected chi connectivity index (χ3v) is 7.42. The number of ether oxygens (including phenoxy) is 3. The molecule has 0 amide bonds. The molecule has 1 atom stereocenters. The minimum atomic E-state index is -0.452. The SMILES string of the molecule is COc1ccc(-c2nc3n(n2)C(c2ccc(OCc4ccccc4)c(OC)c2)C2=C(CC(C)(C)CC2=O)N3)cc1. The van der Waals surface area contributed by atoms with Crippen molar-refractivity contribution < 1.29 is 19.0 Å². The van der Waals surface area contributed by atoms with Gasteiger partial charge in [0.1, 0.15) is 18.4 Å². The van der Waals surface area contributed by atoms with E-state index in [0.717, 1.165) is 40.1 Å². The third-order valence-electron chi connectivity index (χ3n) is 7.42. The Bertz CT molecular complexity index is 1590. The number of nitrogens with one attached hydrogen (secondary N) is 1. The summed E-state index contributed by atoms with van der Waals surface area (Å²) >= 11 is 0. The van der Waals surface area contributed by atoms with Gasteiger partial charge in [-0.05, 0) is 59.4 Å². The Kier molecular flexibility index (Phi) is 6.54. The van der Waals surface area contributed by atoms with Gasteiger partial charge in [-0.3, -0.25) is 4.79 Å². The second kappa shape index (κ2) is 10.2. The first-order valence-corrected chi connectivity index (χ1v) is 13.3. The van der Waals surface area contributed by atoms with Gasteiger partial charge in [0.2, 0.25) is 5.95 Å². The maximum absolute atomic E-state index is 13.6. The molecule has 6 rings (SSSR count). The predicted molar refractivity (Wildman–Crippen MR) is 153 cm³/mol. The fraction of sp³-hybridized carbons (Fsp3) is 0.281. The van der Waals surface area contributed by atoms with E-state index < -0.39 is 6.04 Å². The number of hydrogen-bond donors (Lipinski definition) is 1. The number of nitrogens with zero attached hydrogens (tertiary/aromatic N) is 3. The average molecular weight is 537 g/mol. The summed E-state index contributed by atoms with van der Waals surface area (Å²) < 4.78 is 19.0. The Morgan fingerprint density at radius 3 is 2.45 bits per heavy atom. The molecule has 1 unspecified atom stereocenters. The molecule has 0 spiro atoms. The van der Waals surface area contributed by atoms with E-state index in [1.807, 2.05) is 77.5 Å². The highest BCUT2D eigenvalue weighted by Gasteiger charge is 2.42. The molecule has 40 heavy (non-hydrogen) atoms. The van der Waals surface area contributed by atoms with Gasteiger partial charge in [-0.2, -0.15) is 4.98 Å². The number of aromatic nitrogens is 3. The largest absolute Gasteiger partial charge is 0.497 e. The Morgan fingerprint density at radius 2 is 1.73 bits per heavy atom. The molecule has 1 aromatic heterocycles. The van der Waals surface area contributed by atoms with Gasteiger partial charge in [-0.15, -0.1) is 5.10 Å². The zero-order valence-electron chi connectivity index (χ0n) is 23.1. The first kappa shape index (κ1) is 25.7. The van der Waals surface area contributed by atoms with Crippen LogP contribution < -0.4 is 19.5 Å². The maximum atomic E-state index is 13.6. The van der Waals surface area contributed by atoms with Crippen LogP contribution in [0, 0.1) is 5.41 Å². The van der Waals surface area contributed by atoms with Gasteiger partial charge in [0.05, 0.1) is 14.2 Å². The summed E-state index contributed by atoms with van der Waals surface area (Å²) in [6, 6.07) is 23.0. The van der Waals surface area contributed by atoms with Gasteiger partial charge in [-0.25, -0.2) is 4.68 Å². The first-order valence-electron chi connectivity index (χ1n) is 13.3. The van der Waals surface area contributed by atoms with Crippen LogP contribution in [0.4, 0.5) is 5.95 Å². The van der Waals surface area contributed by atoms with E-state index in [-0.39, 0.29) is 11.2 Å². The van der Waals surface area contributed by atoms with Crippen LogP contribution in [0.15, 0.2) is 84.1 Å². The molecule has 0 saturated heterocycles. The molecular formula is C32H32N4O4. The highest BCUT2D eigenvalue weighted by molar-refractivity contribution is 6.00. The third kappa shape index (κ3) is 4.81. The molecule has 0 radical (unpaired) electrons. The summed E-state index contributed by atoms with van der Waals surface area (Å²) in [5, 5.41) is 8.34. The van der Waals surface area contributed by atoms with Crippen LogP contribution in [-0.4, -0.2) is 34.8 Å². The minimum absolute atomic E-state index is 0.110. The molecule has 3 aromatic carbocycles. The lowest BCUT2D eigenvalue weighted by molar-refractivity contribution is -0.118. The Morgan fingerprint density at radius 1 is 0.950 bits per heavy atom. The van der Waals surface area contributed by atoms with Crippen molar-refractivity contribution >= 4 is 11.7 Å². The van der Waals surface area contributed by atoms with Crippen molar-refractivity contribution in [2.45, 2.75) is 39.3 Å². The van der Waals surface area contributed by atoms with Gasteiger partial charge < -0.3 is 19.5 Å². The number of anilines is 1. The van der Waals surface area contributed by atoms with Crippen molar-refractivity contribution in [3.63, 3.8) is 0 Å². The van der Waals surface area contributed by atoms with E-state index in [1.165, 1.54) is 0 Å². The number of methoxy groups -OCH3 is 2. The fourth-order valence-electron chi connectivity index (χ4n) is 5.49. The number of fused-ring (bicyclic) bond motifs is 1. The molecule has 1 aliphatic heterocycles. The van der Waals surface area contributed by atoms with E-state index >= 15 is 0 Å². The Labute approximate surface area is 233 Å². The first-order chi connectivity index (χ1) is 19.3. The summed E-state index contributed by atoms with van der Waals surface area (Å²) in [5.74, 6) is 3.26. The number of benzene rings is 3. The summed E-state index contributed by atoms with van der Waals surface area (Å²) in [4.78, 5) is 18.5. The van der Waals surface area contributed by atoms with Gasteiger partial charge in [0.25, 0.3) is 0 Å². The second-order valence-electron chi connectivity index (χ2n) is 11.0. The monoisotopic (exact) mass is 536 g/mol. The molecule has 2 heterocycles. The van der Waals surface area contributed by atoms with E-state index in [9.17, 15) is 4.79 Å². The van der Waals surface area contributed by atoms with Crippen molar-refractivity contribution in [1.29, 1.82) is 0 Å². The molecule has 204 valence electrons. The standard InChI is InChI=1S/C32H32N4O4/c1-32(2)17-24-28(25(37)18-32)29(36-31(33-24)34-30(35-36)21-10-13-23(38-3)14-11-21)22-12-15-26(27(16-22)39-4)40-19-20-8-6-5-7-9-20/h5-16,29H,17-19H2,1-4H3,(H,33,34,35). The molecule has 0 bridgehead atoms. The molecule has 0 saturated carbocycles. The summed E-state index contributed by atoms with van der Waals surface area (Å²) in [6.07, 6.45) is 1.21. The molecule has 8 nitrogen and oxygen atoms in total. The highest BCUT2D eigenvalue weighted by atomic mass is 16.5. The summed E-state index contributed by atoms with van der Waals surface area (Å²) in [7, 11) is 3.26. The number of allylic oxidation sites excluding steroid dienone is 2. The molecular weight excluding hydrogens is 504 g/mol. The quantitative estimate of drug-likeness (QED) is 0.301. The zero-order valence-corrected chi connectivity index (χ0v) is 23.1. The van der Waals surface area contributed by atoms with E-state index in [0.29, 0.717) is 36.3 Å². The smallest absolute Gasteiger partial charge is 0.226 e. The fourth-order valence-corrected chi connectivity index (χ4v) is 5.49. The molecule has 1 N–H and O–H groups in total. The van der Waals surface area contributed by atoms with Crippen molar-refractivity contribution in [2.24, 2.45) is 5.41 Å². The van der Waals surface area contributed by atoms with Gasteiger partial charge in [0.15, 0.2) is 23.1 Å². The van der Waals surface area contributed by atoms with Crippen LogP contribution in [0.3, 0.4) is 0 Å². The Hall–Kier alpha value is -4.59. The molecule has 2 aliphatic rings. The van der Waals surface area contributed by atoms with E-state index in [4.69, 9.17) is 24.3 Å². The zero-order chi connectivity index (χ0) is 27.9. The number of carbonyl (C=O) groups is 1. The van der Waals surface area contributed by atoms with E-state index in [1.54, 1.807) is 14.2 Å². The predicted octanol–water partition coefficient (Wildman–Crippen LogP) is 6.20. The van der Waals surface area contributed by atoms with Crippen molar-refractivity contribution in [3.05, 3.63) is 95.2 Å². The van der Waals surface area contributed by atoms with Crippen molar-refractivity contribution in [2.75, 3.05) is 19.5 Å². The number of Topliss-reactive ketones (excluding diaryl/α,β-unsaturated/α-hetero) is 1. The number of hydrogen-bond acceptors (Lipinski definition) is 7. The van der Waals surface area contributed by atoms with Crippen LogP contribution in [-0.2, 0) is 11.4 Å². The van der Waals surface area contributed by atoms with Crippen molar-refractivity contribution in [1.82, 2.24) is 14.8 Å². The minimum Gasteiger partial charge on any atom is -0.497 e. The van der Waals surface area contributed by atoms with E-state index in [2.05, 4.69) is 19.2 Å². The molecule has 1 aliphatic carbocycles. The van der Waals surface area contributed by atoms with Crippen LogP contribution in [0.2, 0.25) is 0 Å². The summed E-state index contributed by atoms with van der Waals surface area (Å²) in [5.41, 5.74) is 4.26. The van der Waals surface area contributed by atoms with Crippen LogP contribution >= 0.6 is 0 Å². The topological polar surface area (TPSA) is 87.5 Å². The lowest BCUT2D eigenvalue weighted by atomic mass is 9.73. The second-order valence-corrected chi connectivity index (χ2v) is 11.0. The number of carbonyl (C=O) groups excluding carboxylic acids is 1. The van der Waals surface area contributed by atoms with Crippen LogP contribution in [0.5, 0.6) is 17.2 Å². The van der Waals surface area contributed by atoms with Crippen LogP contribution in [0.1, 0.15) is 43.9 Å². The Balaban J connectivity index is 1.41. The lowest BCUT2D eigenvalue weighted by Gasteiger charge is -2.38. The maximum Gasteiger partial charge on any atom is 0.226 e. The summed E-state index contributed by atoms with van der Waals surface area (Å²) in [6.45, 7) is 4.66. The molecule has 8 heteroatoms. The van der Waals surface area contributed by atoms with Crippen LogP contribution in [0.25, 0.3) is 11.4 Å². The number of rotatable bonds is 7. The number of ketones is 1. The van der Waals surface area contributed by atoms with Gasteiger partial charge >= 0.3 is 0 Å². The normalized spacial score (nSPS) is 17.5. The molecule has 0 fully saturated rings. The molecule has 4 aromatic rings. The lowest BCUT2D eigenvalue weighted by Crippen LogP contribution is -2.36. The highest BCUT2D eigenvalue weighted by Crippen LogP contribution is 2.46. The van der Waals surface area contributed by atoms with Gasteiger partial charge in [0, 0.05) is 23.3 Å².